The van der Waals surface area contributed by atoms with E-state index in [9.17, 15) is 4.39 Å². The molecule has 0 aliphatic rings. The molecule has 0 aromatic carbocycles. The van der Waals surface area contributed by atoms with E-state index < -0.39 is 0 Å². The first-order valence-corrected chi connectivity index (χ1v) is 3.51. The molecule has 5 heteroatoms. The van der Waals surface area contributed by atoms with Crippen molar-refractivity contribution in [3.8, 4) is 0 Å². The van der Waals surface area contributed by atoms with E-state index in [0.717, 1.165) is 0 Å². The fourth-order valence-electron chi connectivity index (χ4n) is 0.756. The summed E-state index contributed by atoms with van der Waals surface area (Å²) >= 11 is 0. The number of aromatic nitrogens is 3. The van der Waals surface area contributed by atoms with Gasteiger partial charge in [0, 0.05) is 6.54 Å². The second kappa shape index (κ2) is 4.02. The van der Waals surface area contributed by atoms with Crippen LogP contribution in [0, 0.1) is 0 Å². The van der Waals surface area contributed by atoms with Crippen LogP contribution >= 0.6 is 0 Å². The Hall–Kier alpha value is -0.970. The third kappa shape index (κ3) is 2.27. The number of hydrogen-bond donors (Lipinski definition) is 1. The van der Waals surface area contributed by atoms with Gasteiger partial charge >= 0.3 is 0 Å². The van der Waals surface area contributed by atoms with E-state index in [4.69, 9.17) is 5.73 Å². The van der Waals surface area contributed by atoms with Crippen molar-refractivity contribution in [3.05, 3.63) is 12.2 Å². The number of aryl methyl sites for hydroxylation is 1. The number of rotatable bonds is 4. The Morgan fingerprint density at radius 3 is 3.00 bits per heavy atom. The van der Waals surface area contributed by atoms with Crippen molar-refractivity contribution < 1.29 is 4.39 Å². The number of nitrogens with zero attached hydrogens (tertiary/aromatic N) is 3. The maximum Gasteiger partial charge on any atom is 0.164 e. The average Bonchev–Trinajstić information content (AvgIpc) is 2.48. The third-order valence-electron chi connectivity index (χ3n) is 1.29. The first kappa shape index (κ1) is 8.13. The van der Waals surface area contributed by atoms with Crippen molar-refractivity contribution in [1.29, 1.82) is 0 Å². The summed E-state index contributed by atoms with van der Waals surface area (Å²) in [6, 6.07) is 0. The van der Waals surface area contributed by atoms with Gasteiger partial charge in [-0.05, 0) is 6.42 Å². The molecule has 0 spiro atoms. The molecule has 1 aromatic heterocycles. The summed E-state index contributed by atoms with van der Waals surface area (Å²) in [7, 11) is 0. The van der Waals surface area contributed by atoms with Gasteiger partial charge in [0.1, 0.15) is 6.33 Å². The minimum Gasteiger partial charge on any atom is -0.324 e. The third-order valence-corrected chi connectivity index (χ3v) is 1.29. The van der Waals surface area contributed by atoms with Crippen molar-refractivity contribution in [2.45, 2.75) is 19.5 Å². The molecule has 0 bridgehead atoms. The SMILES string of the molecule is NCc1ncn(CCCF)n1. The summed E-state index contributed by atoms with van der Waals surface area (Å²) in [5, 5.41) is 3.98. The Balaban J connectivity index is 2.44. The molecule has 1 heterocycles. The lowest BCUT2D eigenvalue weighted by Gasteiger charge is -1.94. The van der Waals surface area contributed by atoms with E-state index in [0.29, 0.717) is 25.3 Å². The molecular weight excluding hydrogens is 147 g/mol. The quantitative estimate of drug-likeness (QED) is 0.676. The standard InChI is InChI=1S/C6H11FN4/c7-2-1-3-11-5-9-6(4-8)10-11/h5H,1-4,8H2. The summed E-state index contributed by atoms with van der Waals surface area (Å²) in [6.07, 6.45) is 2.05. The molecule has 0 amide bonds. The Labute approximate surface area is 64.2 Å². The maximum atomic E-state index is 11.7. The predicted octanol–water partition coefficient (Wildman–Crippen LogP) is 0.0964. The second-order valence-corrected chi connectivity index (χ2v) is 2.17. The summed E-state index contributed by atoms with van der Waals surface area (Å²) in [6.45, 7) is 0.587. The van der Waals surface area contributed by atoms with Crippen LogP contribution in [0.2, 0.25) is 0 Å². The lowest BCUT2D eigenvalue weighted by atomic mass is 10.5. The van der Waals surface area contributed by atoms with Gasteiger partial charge in [-0.2, -0.15) is 5.10 Å². The zero-order chi connectivity index (χ0) is 8.10. The van der Waals surface area contributed by atoms with E-state index in [1.165, 1.54) is 0 Å². The molecule has 4 nitrogen and oxygen atoms in total. The smallest absolute Gasteiger partial charge is 0.164 e. The summed E-state index contributed by atoms with van der Waals surface area (Å²) in [5.74, 6) is 0.601. The van der Waals surface area contributed by atoms with E-state index in [-0.39, 0.29) is 6.67 Å². The minimum absolute atomic E-state index is 0.322. The average molecular weight is 158 g/mol. The fourth-order valence-corrected chi connectivity index (χ4v) is 0.756. The van der Waals surface area contributed by atoms with Gasteiger partial charge in [0.15, 0.2) is 5.82 Å². The topological polar surface area (TPSA) is 56.7 Å². The van der Waals surface area contributed by atoms with Crippen LogP contribution in [-0.4, -0.2) is 21.4 Å². The van der Waals surface area contributed by atoms with Crippen LogP contribution in [0.5, 0.6) is 0 Å². The van der Waals surface area contributed by atoms with Gasteiger partial charge < -0.3 is 5.73 Å². The largest absolute Gasteiger partial charge is 0.324 e. The van der Waals surface area contributed by atoms with Crippen LogP contribution in [0.4, 0.5) is 4.39 Å². The number of nitrogens with two attached hydrogens (primary N) is 1. The molecule has 0 aliphatic carbocycles. The highest BCUT2D eigenvalue weighted by Gasteiger charge is 1.96. The molecule has 0 aliphatic heterocycles. The molecule has 0 radical (unpaired) electrons. The van der Waals surface area contributed by atoms with Gasteiger partial charge in [-0.1, -0.05) is 0 Å². The highest BCUT2D eigenvalue weighted by Crippen LogP contribution is 1.91. The monoisotopic (exact) mass is 158 g/mol. The zero-order valence-corrected chi connectivity index (χ0v) is 6.20. The van der Waals surface area contributed by atoms with Crippen LogP contribution in [-0.2, 0) is 13.1 Å². The molecule has 2 N–H and O–H groups in total. The normalized spacial score (nSPS) is 10.4. The second-order valence-electron chi connectivity index (χ2n) is 2.17. The maximum absolute atomic E-state index is 11.7. The van der Waals surface area contributed by atoms with Gasteiger partial charge in [-0.25, -0.2) is 4.98 Å². The summed E-state index contributed by atoms with van der Waals surface area (Å²) in [5.41, 5.74) is 5.28. The molecule has 11 heavy (non-hydrogen) atoms. The molecule has 0 unspecified atom stereocenters. The first-order chi connectivity index (χ1) is 5.36. The van der Waals surface area contributed by atoms with E-state index in [1.54, 1.807) is 11.0 Å². The van der Waals surface area contributed by atoms with Crippen molar-refractivity contribution in [1.82, 2.24) is 14.8 Å². The van der Waals surface area contributed by atoms with Gasteiger partial charge in [0.2, 0.25) is 0 Å². The number of hydrogen-bond acceptors (Lipinski definition) is 3. The minimum atomic E-state index is -0.322. The molecule has 62 valence electrons. The van der Waals surface area contributed by atoms with Crippen LogP contribution in [0.3, 0.4) is 0 Å². The van der Waals surface area contributed by atoms with Crippen LogP contribution in [0.25, 0.3) is 0 Å². The number of alkyl halides is 1. The van der Waals surface area contributed by atoms with Crippen molar-refractivity contribution in [2.75, 3.05) is 6.67 Å². The Kier molecular flexibility index (Phi) is 2.97. The van der Waals surface area contributed by atoms with Crippen molar-refractivity contribution in [3.63, 3.8) is 0 Å². The van der Waals surface area contributed by atoms with Gasteiger partial charge in [-0.15, -0.1) is 0 Å². The molecule has 1 rings (SSSR count). The van der Waals surface area contributed by atoms with Crippen LogP contribution < -0.4 is 5.73 Å². The van der Waals surface area contributed by atoms with Crippen LogP contribution in [0.15, 0.2) is 6.33 Å². The molecule has 0 atom stereocenters. The van der Waals surface area contributed by atoms with Gasteiger partial charge in [-0.3, -0.25) is 9.07 Å². The Bertz CT molecular complexity index is 210. The lowest BCUT2D eigenvalue weighted by Crippen LogP contribution is -2.03. The van der Waals surface area contributed by atoms with E-state index in [1.807, 2.05) is 0 Å². The first-order valence-electron chi connectivity index (χ1n) is 3.51. The van der Waals surface area contributed by atoms with Gasteiger partial charge in [0.05, 0.1) is 13.2 Å². The summed E-state index contributed by atoms with van der Waals surface area (Å²) < 4.78 is 13.3. The van der Waals surface area contributed by atoms with Crippen LogP contribution in [0.1, 0.15) is 12.2 Å². The van der Waals surface area contributed by atoms with E-state index >= 15 is 0 Å². The fraction of sp³-hybridized carbons (Fsp3) is 0.667. The molecule has 1 aromatic rings. The van der Waals surface area contributed by atoms with Crippen molar-refractivity contribution >= 4 is 0 Å². The lowest BCUT2D eigenvalue weighted by molar-refractivity contribution is 0.433. The molecule has 0 saturated heterocycles. The van der Waals surface area contributed by atoms with Crippen molar-refractivity contribution in [2.24, 2.45) is 5.73 Å². The molecule has 0 fully saturated rings. The highest BCUT2D eigenvalue weighted by molar-refractivity contribution is 4.78. The summed E-state index contributed by atoms with van der Waals surface area (Å²) in [4.78, 5) is 3.89. The van der Waals surface area contributed by atoms with Gasteiger partial charge in [0.25, 0.3) is 0 Å². The Morgan fingerprint density at radius 2 is 2.45 bits per heavy atom. The predicted molar refractivity (Wildman–Crippen MR) is 38.5 cm³/mol. The number of halogens is 1. The Morgan fingerprint density at radius 1 is 1.64 bits per heavy atom. The molecular formula is C6H11FN4. The van der Waals surface area contributed by atoms with E-state index in [2.05, 4.69) is 10.1 Å². The molecule has 0 saturated carbocycles. The highest BCUT2D eigenvalue weighted by atomic mass is 19.1. The zero-order valence-electron chi connectivity index (χ0n) is 6.20.